The van der Waals surface area contributed by atoms with Gasteiger partial charge in [0.15, 0.2) is 5.69 Å². The van der Waals surface area contributed by atoms with Gasteiger partial charge in [0.05, 0.1) is 18.8 Å². The Bertz CT molecular complexity index is 763. The maximum absolute atomic E-state index is 12.3. The Kier molecular flexibility index (Phi) is 4.79. The molecule has 25 heavy (non-hydrogen) atoms. The van der Waals surface area contributed by atoms with Crippen LogP contribution < -0.4 is 0 Å². The molecular formula is C15H21N7O3. The topological polar surface area (TPSA) is 98.4 Å². The molecule has 0 atom stereocenters. The summed E-state index contributed by atoms with van der Waals surface area (Å²) in [5.74, 6) is -0.266. The van der Waals surface area contributed by atoms with Crippen LogP contribution in [0.15, 0.2) is 18.5 Å². The number of carbonyl (C=O) groups is 2. The molecule has 2 amide bonds. The minimum atomic E-state index is -0.203. The molecule has 0 aromatic carbocycles. The van der Waals surface area contributed by atoms with E-state index >= 15 is 0 Å². The maximum Gasteiger partial charge on any atom is 0.275 e. The molecule has 1 aliphatic rings. The van der Waals surface area contributed by atoms with Gasteiger partial charge in [-0.2, -0.15) is 5.10 Å². The van der Waals surface area contributed by atoms with Crippen molar-refractivity contribution < 1.29 is 14.3 Å². The van der Waals surface area contributed by atoms with Crippen molar-refractivity contribution in [1.29, 1.82) is 0 Å². The molecule has 3 heterocycles. The van der Waals surface area contributed by atoms with E-state index in [0.29, 0.717) is 31.9 Å². The van der Waals surface area contributed by atoms with E-state index in [1.807, 2.05) is 0 Å². The van der Waals surface area contributed by atoms with Gasteiger partial charge in [0, 0.05) is 47.0 Å². The fourth-order valence-corrected chi connectivity index (χ4v) is 2.61. The molecule has 0 saturated carbocycles. The quantitative estimate of drug-likeness (QED) is 0.694. The number of hydrogen-bond acceptors (Lipinski definition) is 6. The molecular weight excluding hydrogens is 326 g/mol. The lowest BCUT2D eigenvalue weighted by atomic mass is 10.1. The monoisotopic (exact) mass is 347 g/mol. The van der Waals surface area contributed by atoms with Gasteiger partial charge in [0.2, 0.25) is 0 Å². The molecule has 2 aromatic rings. The third kappa shape index (κ3) is 3.38. The van der Waals surface area contributed by atoms with Crippen LogP contribution in [0.1, 0.15) is 27.0 Å². The number of likely N-dealkylation sites (tertiary alicyclic amines) is 1. The standard InChI is InChI=1S/C15H21N7O3/c1-19(6-7-25-3)14(23)12-10-22(18-17-12)11-8-21(9-11)15(24)13-4-5-16-20(13)2/h4-5,10-11H,6-9H2,1-3H3. The van der Waals surface area contributed by atoms with E-state index in [9.17, 15) is 9.59 Å². The Morgan fingerprint density at radius 3 is 2.80 bits per heavy atom. The van der Waals surface area contributed by atoms with Gasteiger partial charge < -0.3 is 14.5 Å². The number of likely N-dealkylation sites (N-methyl/N-ethyl adjacent to an activating group) is 1. The lowest BCUT2D eigenvalue weighted by Crippen LogP contribution is -2.51. The third-order valence-corrected chi connectivity index (χ3v) is 4.27. The summed E-state index contributed by atoms with van der Waals surface area (Å²) < 4.78 is 8.16. The first-order chi connectivity index (χ1) is 12.0. The zero-order chi connectivity index (χ0) is 18.0. The van der Waals surface area contributed by atoms with Crippen LogP contribution in [0.3, 0.4) is 0 Å². The molecule has 10 heteroatoms. The smallest absolute Gasteiger partial charge is 0.275 e. The molecule has 3 rings (SSSR count). The molecule has 0 bridgehead atoms. The van der Waals surface area contributed by atoms with E-state index in [1.165, 1.54) is 4.90 Å². The zero-order valence-corrected chi connectivity index (χ0v) is 14.5. The van der Waals surface area contributed by atoms with E-state index in [4.69, 9.17) is 4.74 Å². The van der Waals surface area contributed by atoms with Gasteiger partial charge in [-0.15, -0.1) is 5.10 Å². The Labute approximate surface area is 144 Å². The second-order valence-electron chi connectivity index (χ2n) is 6.01. The number of hydrogen-bond donors (Lipinski definition) is 0. The van der Waals surface area contributed by atoms with Crippen molar-refractivity contribution in [1.82, 2.24) is 34.6 Å². The highest BCUT2D eigenvalue weighted by molar-refractivity contribution is 5.93. The summed E-state index contributed by atoms with van der Waals surface area (Å²) in [6.45, 7) is 2.00. The molecule has 1 saturated heterocycles. The predicted molar refractivity (Wildman–Crippen MR) is 87.0 cm³/mol. The molecule has 0 aliphatic carbocycles. The Balaban J connectivity index is 1.57. The van der Waals surface area contributed by atoms with E-state index in [-0.39, 0.29) is 23.6 Å². The van der Waals surface area contributed by atoms with Crippen LogP contribution >= 0.6 is 0 Å². The first kappa shape index (κ1) is 17.1. The molecule has 0 spiro atoms. The number of carbonyl (C=O) groups excluding carboxylic acids is 2. The van der Waals surface area contributed by atoms with Gasteiger partial charge in [0.1, 0.15) is 5.69 Å². The highest BCUT2D eigenvalue weighted by atomic mass is 16.5. The molecule has 2 aromatic heterocycles. The second kappa shape index (κ2) is 7.01. The SMILES string of the molecule is COCCN(C)C(=O)c1cn(C2CN(C(=O)c3ccnn3C)C2)nn1. The number of aryl methyl sites for hydroxylation is 1. The molecule has 0 N–H and O–H groups in total. The minimum absolute atomic E-state index is 0.0236. The largest absolute Gasteiger partial charge is 0.383 e. The number of ether oxygens (including phenoxy) is 1. The van der Waals surface area contributed by atoms with Gasteiger partial charge in [-0.25, -0.2) is 4.68 Å². The lowest BCUT2D eigenvalue weighted by Gasteiger charge is -2.38. The van der Waals surface area contributed by atoms with Crippen molar-refractivity contribution in [2.75, 3.05) is 40.4 Å². The van der Waals surface area contributed by atoms with Crippen LogP contribution in [0.4, 0.5) is 0 Å². The summed E-state index contributed by atoms with van der Waals surface area (Å²) in [4.78, 5) is 27.8. The van der Waals surface area contributed by atoms with Crippen molar-refractivity contribution in [3.63, 3.8) is 0 Å². The Morgan fingerprint density at radius 1 is 1.40 bits per heavy atom. The second-order valence-corrected chi connectivity index (χ2v) is 6.01. The third-order valence-electron chi connectivity index (χ3n) is 4.27. The van der Waals surface area contributed by atoms with E-state index < -0.39 is 0 Å². The average Bonchev–Trinajstić information content (AvgIpc) is 3.19. The van der Waals surface area contributed by atoms with E-state index in [1.54, 1.807) is 53.9 Å². The van der Waals surface area contributed by atoms with Crippen molar-refractivity contribution in [3.8, 4) is 0 Å². The summed E-state index contributed by atoms with van der Waals surface area (Å²) in [6, 6.07) is 1.72. The number of nitrogens with zero attached hydrogens (tertiary/aromatic N) is 7. The van der Waals surface area contributed by atoms with Gasteiger partial charge in [-0.3, -0.25) is 14.3 Å². The lowest BCUT2D eigenvalue weighted by molar-refractivity contribution is 0.0487. The summed E-state index contributed by atoms with van der Waals surface area (Å²) in [6.07, 6.45) is 3.22. The normalized spacial score (nSPS) is 14.4. The van der Waals surface area contributed by atoms with Crippen LogP contribution in [-0.4, -0.2) is 86.8 Å². The van der Waals surface area contributed by atoms with E-state index in [0.717, 1.165) is 0 Å². The van der Waals surface area contributed by atoms with Crippen molar-refractivity contribution in [2.24, 2.45) is 7.05 Å². The van der Waals surface area contributed by atoms with Crippen LogP contribution in [-0.2, 0) is 11.8 Å². The average molecular weight is 347 g/mol. The number of aromatic nitrogens is 5. The molecule has 1 aliphatic heterocycles. The highest BCUT2D eigenvalue weighted by Crippen LogP contribution is 2.22. The first-order valence-electron chi connectivity index (χ1n) is 7.94. The predicted octanol–water partition coefficient (Wildman–Crippen LogP) is -0.573. The molecule has 1 fully saturated rings. The van der Waals surface area contributed by atoms with Gasteiger partial charge >= 0.3 is 0 Å². The van der Waals surface area contributed by atoms with Crippen LogP contribution in [0.5, 0.6) is 0 Å². The maximum atomic E-state index is 12.3. The molecule has 134 valence electrons. The zero-order valence-electron chi connectivity index (χ0n) is 14.5. The summed E-state index contributed by atoms with van der Waals surface area (Å²) >= 11 is 0. The minimum Gasteiger partial charge on any atom is -0.383 e. The van der Waals surface area contributed by atoms with Gasteiger partial charge in [-0.1, -0.05) is 5.21 Å². The fourth-order valence-electron chi connectivity index (χ4n) is 2.61. The first-order valence-corrected chi connectivity index (χ1v) is 7.94. The molecule has 0 radical (unpaired) electrons. The van der Waals surface area contributed by atoms with Gasteiger partial charge in [0.25, 0.3) is 11.8 Å². The van der Waals surface area contributed by atoms with Crippen molar-refractivity contribution >= 4 is 11.8 Å². The fraction of sp³-hybridized carbons (Fsp3) is 0.533. The Hall–Kier alpha value is -2.75. The summed E-state index contributed by atoms with van der Waals surface area (Å²) in [5, 5.41) is 12.0. The molecule has 0 unspecified atom stereocenters. The highest BCUT2D eigenvalue weighted by Gasteiger charge is 2.34. The van der Waals surface area contributed by atoms with Crippen LogP contribution in [0, 0.1) is 0 Å². The number of rotatable bonds is 6. The van der Waals surface area contributed by atoms with Crippen molar-refractivity contribution in [3.05, 3.63) is 29.8 Å². The molecule has 10 nitrogen and oxygen atoms in total. The summed E-state index contributed by atoms with van der Waals surface area (Å²) in [5.41, 5.74) is 0.836. The van der Waals surface area contributed by atoms with Crippen molar-refractivity contribution in [2.45, 2.75) is 6.04 Å². The number of methoxy groups -OCH3 is 1. The Morgan fingerprint density at radius 2 is 2.16 bits per heavy atom. The van der Waals surface area contributed by atoms with Crippen LogP contribution in [0.25, 0.3) is 0 Å². The van der Waals surface area contributed by atoms with Gasteiger partial charge in [-0.05, 0) is 6.07 Å². The van der Waals surface area contributed by atoms with E-state index in [2.05, 4.69) is 15.4 Å². The van der Waals surface area contributed by atoms with Crippen LogP contribution in [0.2, 0.25) is 0 Å². The number of amides is 2. The summed E-state index contributed by atoms with van der Waals surface area (Å²) in [7, 11) is 5.02.